The fourth-order valence-corrected chi connectivity index (χ4v) is 2.52. The van der Waals surface area contributed by atoms with Gasteiger partial charge in [-0.1, -0.05) is 54.6 Å². The van der Waals surface area contributed by atoms with Crippen LogP contribution in [-0.4, -0.2) is 0 Å². The minimum Gasteiger partial charge on any atom is -0.489 e. The molecule has 0 saturated carbocycles. The van der Waals surface area contributed by atoms with Crippen LogP contribution in [0.5, 0.6) is 5.75 Å². The predicted octanol–water partition coefficient (Wildman–Crippen LogP) is 5.16. The molecule has 0 aliphatic heterocycles. The summed E-state index contributed by atoms with van der Waals surface area (Å²) in [6.45, 7) is 0.570. The zero-order valence-corrected chi connectivity index (χ0v) is 11.8. The normalized spacial score (nSPS) is 10.7. The summed E-state index contributed by atoms with van der Waals surface area (Å²) in [5.74, 6) is 1.35. The Morgan fingerprint density at radius 3 is 2.40 bits per heavy atom. The Morgan fingerprint density at radius 2 is 1.60 bits per heavy atom. The average Bonchev–Trinajstić information content (AvgIpc) is 2.53. The van der Waals surface area contributed by atoms with Crippen molar-refractivity contribution in [2.45, 2.75) is 12.5 Å². The molecule has 3 aromatic carbocycles. The molecule has 0 bridgehead atoms. The second-order valence-electron chi connectivity index (χ2n) is 4.71. The topological polar surface area (TPSA) is 9.23 Å². The van der Waals surface area contributed by atoms with E-state index in [1.807, 2.05) is 36.4 Å². The molecule has 3 aromatic rings. The van der Waals surface area contributed by atoms with E-state index >= 15 is 0 Å². The van der Waals surface area contributed by atoms with Gasteiger partial charge in [0, 0.05) is 5.88 Å². The molecule has 0 N–H and O–H groups in total. The van der Waals surface area contributed by atoms with Crippen LogP contribution in [0.3, 0.4) is 0 Å². The summed E-state index contributed by atoms with van der Waals surface area (Å²) in [7, 11) is 0. The molecule has 0 amide bonds. The maximum absolute atomic E-state index is 6.04. The van der Waals surface area contributed by atoms with Crippen molar-refractivity contribution in [2.75, 3.05) is 0 Å². The third-order valence-corrected chi connectivity index (χ3v) is 3.60. The highest BCUT2D eigenvalue weighted by atomic mass is 35.5. The van der Waals surface area contributed by atoms with Crippen molar-refractivity contribution in [3.8, 4) is 5.75 Å². The van der Waals surface area contributed by atoms with E-state index in [9.17, 15) is 0 Å². The summed E-state index contributed by atoms with van der Waals surface area (Å²) in [5, 5.41) is 2.35. The third-order valence-electron chi connectivity index (χ3n) is 3.31. The highest BCUT2D eigenvalue weighted by Crippen LogP contribution is 2.27. The van der Waals surface area contributed by atoms with Crippen LogP contribution < -0.4 is 4.74 Å². The minimum atomic E-state index is 0.489. The van der Waals surface area contributed by atoms with Gasteiger partial charge >= 0.3 is 0 Å². The second kappa shape index (κ2) is 5.98. The number of alkyl halides is 1. The highest BCUT2D eigenvalue weighted by Gasteiger charge is 2.04. The lowest BCUT2D eigenvalue weighted by Crippen LogP contribution is -1.96. The van der Waals surface area contributed by atoms with Crippen molar-refractivity contribution in [3.63, 3.8) is 0 Å². The molecular weight excluding hydrogens is 268 g/mol. The van der Waals surface area contributed by atoms with Gasteiger partial charge in [0.15, 0.2) is 0 Å². The lowest BCUT2D eigenvalue weighted by molar-refractivity contribution is 0.306. The zero-order chi connectivity index (χ0) is 13.8. The second-order valence-corrected chi connectivity index (χ2v) is 4.98. The van der Waals surface area contributed by atoms with Gasteiger partial charge < -0.3 is 4.74 Å². The van der Waals surface area contributed by atoms with Crippen molar-refractivity contribution in [1.82, 2.24) is 0 Å². The lowest BCUT2D eigenvalue weighted by atomic mass is 10.1. The first-order chi connectivity index (χ1) is 9.86. The molecule has 0 radical (unpaired) electrons. The van der Waals surface area contributed by atoms with E-state index in [0.29, 0.717) is 12.5 Å². The van der Waals surface area contributed by atoms with Gasteiger partial charge in [0.05, 0.1) is 0 Å². The molecule has 3 rings (SSSR count). The third kappa shape index (κ3) is 2.78. The van der Waals surface area contributed by atoms with Gasteiger partial charge in [-0.3, -0.25) is 0 Å². The molecule has 20 heavy (non-hydrogen) atoms. The fraction of sp³-hybridized carbons (Fsp3) is 0.111. The molecule has 0 saturated heterocycles. The summed E-state index contributed by atoms with van der Waals surface area (Å²) in [6, 6.07) is 22.5. The summed E-state index contributed by atoms with van der Waals surface area (Å²) in [4.78, 5) is 0. The molecule has 0 spiro atoms. The van der Waals surface area contributed by atoms with Gasteiger partial charge in [0.2, 0.25) is 0 Å². The summed E-state index contributed by atoms with van der Waals surface area (Å²) < 4.78 is 5.88. The molecule has 0 aromatic heterocycles. The zero-order valence-electron chi connectivity index (χ0n) is 11.1. The van der Waals surface area contributed by atoms with Crippen LogP contribution in [-0.2, 0) is 12.5 Å². The monoisotopic (exact) mass is 282 g/mol. The number of rotatable bonds is 4. The van der Waals surface area contributed by atoms with Gasteiger partial charge in [-0.25, -0.2) is 0 Å². The van der Waals surface area contributed by atoms with Crippen LogP contribution >= 0.6 is 11.6 Å². The molecule has 2 heteroatoms. The standard InChI is InChI=1S/C18H15ClO/c19-12-16-11-17(10-15-8-4-5-9-18(15)16)20-13-14-6-2-1-3-7-14/h1-11H,12-13H2. The Morgan fingerprint density at radius 1 is 0.850 bits per heavy atom. The van der Waals surface area contributed by atoms with Gasteiger partial charge in [-0.15, -0.1) is 11.6 Å². The molecule has 100 valence electrons. The van der Waals surface area contributed by atoms with Gasteiger partial charge in [0.25, 0.3) is 0 Å². The Bertz CT molecular complexity index is 707. The minimum absolute atomic E-state index is 0.489. The molecule has 0 aliphatic carbocycles. The highest BCUT2D eigenvalue weighted by molar-refractivity contribution is 6.18. The van der Waals surface area contributed by atoms with E-state index in [-0.39, 0.29) is 0 Å². The number of benzene rings is 3. The van der Waals surface area contributed by atoms with Crippen LogP contribution in [0.25, 0.3) is 10.8 Å². The van der Waals surface area contributed by atoms with E-state index in [4.69, 9.17) is 16.3 Å². The van der Waals surface area contributed by atoms with E-state index < -0.39 is 0 Å². The molecule has 1 nitrogen and oxygen atoms in total. The van der Waals surface area contributed by atoms with Crippen molar-refractivity contribution >= 4 is 22.4 Å². The molecule has 0 fully saturated rings. The molecule has 0 aliphatic rings. The van der Waals surface area contributed by atoms with Gasteiger partial charge in [-0.05, 0) is 34.0 Å². The smallest absolute Gasteiger partial charge is 0.120 e. The number of fused-ring (bicyclic) bond motifs is 1. The molecule has 0 unspecified atom stereocenters. The van der Waals surface area contributed by atoms with Crippen molar-refractivity contribution in [3.05, 3.63) is 77.9 Å². The number of halogens is 1. The number of hydrogen-bond acceptors (Lipinski definition) is 1. The maximum Gasteiger partial charge on any atom is 0.120 e. The van der Waals surface area contributed by atoms with Gasteiger partial charge in [-0.2, -0.15) is 0 Å². The van der Waals surface area contributed by atoms with E-state index in [2.05, 4.69) is 30.3 Å². The van der Waals surface area contributed by atoms with Crippen LogP contribution in [0.15, 0.2) is 66.7 Å². The van der Waals surface area contributed by atoms with Crippen molar-refractivity contribution in [2.24, 2.45) is 0 Å². The average molecular weight is 283 g/mol. The summed E-state index contributed by atoms with van der Waals surface area (Å²) in [5.41, 5.74) is 2.26. The van der Waals surface area contributed by atoms with Crippen LogP contribution in [0.1, 0.15) is 11.1 Å². The molecule has 0 atom stereocenters. The summed E-state index contributed by atoms with van der Waals surface area (Å²) >= 11 is 6.04. The van der Waals surface area contributed by atoms with E-state index in [0.717, 1.165) is 22.3 Å². The van der Waals surface area contributed by atoms with E-state index in [1.54, 1.807) is 0 Å². The first-order valence-corrected chi connectivity index (χ1v) is 7.14. The van der Waals surface area contributed by atoms with Crippen LogP contribution in [0.2, 0.25) is 0 Å². The number of ether oxygens (including phenoxy) is 1. The summed E-state index contributed by atoms with van der Waals surface area (Å²) in [6.07, 6.45) is 0. The van der Waals surface area contributed by atoms with Crippen molar-refractivity contribution < 1.29 is 4.74 Å². The largest absolute Gasteiger partial charge is 0.489 e. The Labute approximate surface area is 123 Å². The first kappa shape index (κ1) is 13.0. The fourth-order valence-electron chi connectivity index (χ4n) is 2.29. The molecule has 0 heterocycles. The lowest BCUT2D eigenvalue weighted by Gasteiger charge is -2.10. The van der Waals surface area contributed by atoms with E-state index in [1.165, 1.54) is 5.39 Å². The number of hydrogen-bond donors (Lipinski definition) is 0. The van der Waals surface area contributed by atoms with Crippen LogP contribution in [0.4, 0.5) is 0 Å². The Hall–Kier alpha value is -1.99. The van der Waals surface area contributed by atoms with Crippen LogP contribution in [0, 0.1) is 0 Å². The Kier molecular flexibility index (Phi) is 3.89. The first-order valence-electron chi connectivity index (χ1n) is 6.61. The maximum atomic E-state index is 6.04. The predicted molar refractivity (Wildman–Crippen MR) is 84.3 cm³/mol. The van der Waals surface area contributed by atoms with Gasteiger partial charge in [0.1, 0.15) is 12.4 Å². The quantitative estimate of drug-likeness (QED) is 0.601. The SMILES string of the molecule is ClCc1cc(OCc2ccccc2)cc2ccccc12. The van der Waals surface area contributed by atoms with Crippen molar-refractivity contribution in [1.29, 1.82) is 0 Å². The Balaban J connectivity index is 1.88. The molecular formula is C18H15ClO.